The van der Waals surface area contributed by atoms with E-state index in [1.807, 2.05) is 11.0 Å². The summed E-state index contributed by atoms with van der Waals surface area (Å²) >= 11 is 0. The number of likely N-dealkylation sites (tertiary alicyclic amines) is 1. The van der Waals surface area contributed by atoms with Gasteiger partial charge in [0.1, 0.15) is 5.56 Å². The molecule has 1 fully saturated rings. The molecule has 1 aliphatic heterocycles. The molecular weight excluding hydrogens is 308 g/mol. The lowest BCUT2D eigenvalue weighted by Gasteiger charge is -2.18. The highest BCUT2D eigenvalue weighted by Gasteiger charge is 2.33. The molecule has 0 spiro atoms. The van der Waals surface area contributed by atoms with Crippen molar-refractivity contribution in [3.05, 3.63) is 34.6 Å². The van der Waals surface area contributed by atoms with Gasteiger partial charge in [-0.1, -0.05) is 5.16 Å². The highest BCUT2D eigenvalue weighted by atomic mass is 16.5. The molecule has 2 aliphatic rings. The van der Waals surface area contributed by atoms with Crippen LogP contribution >= 0.6 is 0 Å². The van der Waals surface area contributed by atoms with E-state index >= 15 is 0 Å². The molecule has 2 aromatic rings. The minimum atomic E-state index is -0.0345. The van der Waals surface area contributed by atoms with Crippen LogP contribution in [0.2, 0.25) is 0 Å². The molecule has 7 heteroatoms. The van der Waals surface area contributed by atoms with E-state index in [9.17, 15) is 4.79 Å². The second-order valence-electron chi connectivity index (χ2n) is 6.42. The second kappa shape index (κ2) is 5.89. The minimum Gasteiger partial charge on any atom is -0.480 e. The molecule has 2 aromatic heterocycles. The van der Waals surface area contributed by atoms with Gasteiger partial charge in [0.15, 0.2) is 5.82 Å². The first kappa shape index (κ1) is 15.1. The molecule has 0 unspecified atom stereocenters. The van der Waals surface area contributed by atoms with E-state index in [1.165, 1.54) is 5.56 Å². The maximum Gasteiger partial charge on any atom is 0.259 e. The molecule has 0 aromatic carbocycles. The van der Waals surface area contributed by atoms with Crippen LogP contribution in [0.4, 0.5) is 0 Å². The number of hydrogen-bond donors (Lipinski definition) is 0. The Kier molecular flexibility index (Phi) is 3.70. The van der Waals surface area contributed by atoms with Crippen molar-refractivity contribution in [3.63, 3.8) is 0 Å². The van der Waals surface area contributed by atoms with E-state index in [4.69, 9.17) is 9.26 Å². The maximum absolute atomic E-state index is 12.9. The van der Waals surface area contributed by atoms with Crippen molar-refractivity contribution in [1.29, 1.82) is 0 Å². The van der Waals surface area contributed by atoms with E-state index in [0.717, 1.165) is 31.4 Å². The van der Waals surface area contributed by atoms with Gasteiger partial charge in [0.25, 0.3) is 5.91 Å². The third-order valence-electron chi connectivity index (χ3n) is 4.81. The molecule has 7 nitrogen and oxygen atoms in total. The fourth-order valence-electron chi connectivity index (χ4n) is 3.56. The van der Waals surface area contributed by atoms with Gasteiger partial charge in [0.05, 0.1) is 13.0 Å². The molecule has 0 saturated carbocycles. The minimum absolute atomic E-state index is 0.0345. The van der Waals surface area contributed by atoms with Crippen molar-refractivity contribution in [2.75, 3.05) is 20.2 Å². The smallest absolute Gasteiger partial charge is 0.259 e. The van der Waals surface area contributed by atoms with Gasteiger partial charge in [0, 0.05) is 18.8 Å². The number of fused-ring (bicyclic) bond motifs is 1. The van der Waals surface area contributed by atoms with E-state index in [-0.39, 0.29) is 11.8 Å². The summed E-state index contributed by atoms with van der Waals surface area (Å²) in [5, 5.41) is 3.84. The van der Waals surface area contributed by atoms with E-state index in [1.54, 1.807) is 14.0 Å². The van der Waals surface area contributed by atoms with Crippen molar-refractivity contribution < 1.29 is 14.1 Å². The summed E-state index contributed by atoms with van der Waals surface area (Å²) in [5.74, 6) is 1.73. The molecule has 1 amide bonds. The molecule has 1 atom stereocenters. The molecule has 0 radical (unpaired) electrons. The summed E-state index contributed by atoms with van der Waals surface area (Å²) in [4.78, 5) is 23.6. The van der Waals surface area contributed by atoms with Crippen LogP contribution in [0.1, 0.15) is 52.1 Å². The summed E-state index contributed by atoms with van der Waals surface area (Å²) in [6, 6.07) is 1.96. The lowest BCUT2D eigenvalue weighted by atomic mass is 10.1. The fourth-order valence-corrected chi connectivity index (χ4v) is 3.56. The number of rotatable bonds is 3. The zero-order chi connectivity index (χ0) is 16.7. The van der Waals surface area contributed by atoms with Crippen molar-refractivity contribution in [2.24, 2.45) is 0 Å². The number of nitrogens with zero attached hydrogens (tertiary/aromatic N) is 4. The molecule has 3 heterocycles. The Balaban J connectivity index is 1.56. The summed E-state index contributed by atoms with van der Waals surface area (Å²) in [6.07, 6.45) is 3.86. The maximum atomic E-state index is 12.9. The first-order chi connectivity index (χ1) is 11.7. The summed E-state index contributed by atoms with van der Waals surface area (Å²) < 4.78 is 10.6. The first-order valence-corrected chi connectivity index (χ1v) is 8.32. The monoisotopic (exact) mass is 328 g/mol. The largest absolute Gasteiger partial charge is 0.480 e. The summed E-state index contributed by atoms with van der Waals surface area (Å²) in [6.45, 7) is 3.05. The number of carbonyl (C=O) groups excluding carboxylic acids is 1. The number of aryl methyl sites for hydroxylation is 3. The normalized spacial score (nSPS) is 19.6. The molecule has 1 aliphatic carbocycles. The van der Waals surface area contributed by atoms with Crippen LogP contribution in [0.3, 0.4) is 0 Å². The topological polar surface area (TPSA) is 81.4 Å². The highest BCUT2D eigenvalue weighted by Crippen LogP contribution is 2.31. The predicted molar refractivity (Wildman–Crippen MR) is 85.1 cm³/mol. The van der Waals surface area contributed by atoms with Gasteiger partial charge in [-0.15, -0.1) is 0 Å². The van der Waals surface area contributed by atoms with Crippen molar-refractivity contribution in [3.8, 4) is 5.88 Å². The molecule has 0 N–H and O–H groups in total. The quantitative estimate of drug-likeness (QED) is 0.856. The average molecular weight is 328 g/mol. The van der Waals surface area contributed by atoms with E-state index < -0.39 is 0 Å². The number of ether oxygens (including phenoxy) is 1. The first-order valence-electron chi connectivity index (χ1n) is 8.32. The number of carbonyl (C=O) groups is 1. The third kappa shape index (κ3) is 2.53. The van der Waals surface area contributed by atoms with Crippen LogP contribution in [0.5, 0.6) is 5.88 Å². The Labute approximate surface area is 140 Å². The van der Waals surface area contributed by atoms with Crippen LogP contribution in [0.25, 0.3) is 0 Å². The van der Waals surface area contributed by atoms with Gasteiger partial charge in [-0.3, -0.25) is 4.79 Å². The molecular formula is C17H20N4O3. The molecule has 24 heavy (non-hydrogen) atoms. The standard InChI is InChI=1S/C17H20N4O3/c1-10-18-15(24-20-10)12-6-7-21(9-12)17(22)13-8-11-4-3-5-14(11)19-16(13)23-2/h8,12H,3-7,9H2,1-2H3/t12-/m0/s1. The van der Waals surface area contributed by atoms with Crippen molar-refractivity contribution in [1.82, 2.24) is 20.0 Å². The molecule has 126 valence electrons. The Morgan fingerprint density at radius 2 is 2.25 bits per heavy atom. The number of aromatic nitrogens is 3. The fraction of sp³-hybridized carbons (Fsp3) is 0.529. The van der Waals surface area contributed by atoms with Crippen LogP contribution in [0, 0.1) is 6.92 Å². The zero-order valence-corrected chi connectivity index (χ0v) is 13.9. The number of amides is 1. The summed E-state index contributed by atoms with van der Waals surface area (Å²) in [5.41, 5.74) is 2.78. The van der Waals surface area contributed by atoms with Crippen LogP contribution < -0.4 is 4.74 Å². The average Bonchev–Trinajstić information content (AvgIpc) is 3.32. The van der Waals surface area contributed by atoms with Crippen molar-refractivity contribution in [2.45, 2.75) is 38.5 Å². The molecule has 1 saturated heterocycles. The molecule has 0 bridgehead atoms. The van der Waals surface area contributed by atoms with Gasteiger partial charge in [-0.2, -0.15) is 4.98 Å². The predicted octanol–water partition coefficient (Wildman–Crippen LogP) is 1.90. The SMILES string of the molecule is COc1nc2c(cc1C(=O)N1CC[C@H](c3nc(C)no3)C1)CCC2. The van der Waals surface area contributed by atoms with Gasteiger partial charge in [-0.05, 0) is 44.2 Å². The van der Waals surface area contributed by atoms with Crippen LogP contribution in [-0.2, 0) is 12.8 Å². The van der Waals surface area contributed by atoms with Gasteiger partial charge in [-0.25, -0.2) is 4.98 Å². The van der Waals surface area contributed by atoms with Gasteiger partial charge in [0.2, 0.25) is 11.8 Å². The van der Waals surface area contributed by atoms with Crippen LogP contribution in [0.15, 0.2) is 10.6 Å². The Morgan fingerprint density at radius 3 is 3.00 bits per heavy atom. The Hall–Kier alpha value is -2.44. The summed E-state index contributed by atoms with van der Waals surface area (Å²) in [7, 11) is 1.56. The van der Waals surface area contributed by atoms with Gasteiger partial charge < -0.3 is 14.2 Å². The van der Waals surface area contributed by atoms with E-state index in [0.29, 0.717) is 36.2 Å². The van der Waals surface area contributed by atoms with E-state index in [2.05, 4.69) is 15.1 Å². The number of pyridine rings is 1. The van der Waals surface area contributed by atoms with Crippen LogP contribution in [-0.4, -0.2) is 46.1 Å². The van der Waals surface area contributed by atoms with Crippen molar-refractivity contribution >= 4 is 5.91 Å². The second-order valence-corrected chi connectivity index (χ2v) is 6.42. The molecule has 4 rings (SSSR count). The van der Waals surface area contributed by atoms with Gasteiger partial charge >= 0.3 is 0 Å². The zero-order valence-electron chi connectivity index (χ0n) is 13.9. The number of hydrogen-bond acceptors (Lipinski definition) is 6. The third-order valence-corrected chi connectivity index (χ3v) is 4.81. The Morgan fingerprint density at radius 1 is 1.38 bits per heavy atom. The lowest BCUT2D eigenvalue weighted by Crippen LogP contribution is -2.29. The highest BCUT2D eigenvalue weighted by molar-refractivity contribution is 5.97. The number of methoxy groups -OCH3 is 1. The Bertz CT molecular complexity index is 786. The lowest BCUT2D eigenvalue weighted by molar-refractivity contribution is 0.0785.